The predicted molar refractivity (Wildman–Crippen MR) is 67.9 cm³/mol. The molecular weight excluding hydrogens is 282 g/mol. The lowest BCUT2D eigenvalue weighted by atomic mass is 9.80. The second kappa shape index (κ2) is 5.45. The number of methoxy groups -OCH3 is 2. The molecule has 0 radical (unpaired) electrons. The van der Waals surface area contributed by atoms with Gasteiger partial charge in [0.1, 0.15) is 11.7 Å². The minimum absolute atomic E-state index is 0.367. The quantitative estimate of drug-likeness (QED) is 0.481. The van der Waals surface area contributed by atoms with Crippen LogP contribution in [0.15, 0.2) is 12.7 Å². The summed E-state index contributed by atoms with van der Waals surface area (Å²) >= 11 is 0. The number of aliphatic hydroxyl groups excluding tert-OH is 1. The lowest BCUT2D eigenvalue weighted by molar-refractivity contribution is -0.159. The average molecular weight is 299 g/mol. The summed E-state index contributed by atoms with van der Waals surface area (Å²) < 4.78 is 14.9. The fraction of sp³-hybridized carbons (Fsp3) is 0.615. The third-order valence-electron chi connectivity index (χ3n) is 3.94. The van der Waals surface area contributed by atoms with Crippen molar-refractivity contribution in [2.45, 2.75) is 30.3 Å². The van der Waals surface area contributed by atoms with Gasteiger partial charge in [-0.1, -0.05) is 6.08 Å². The Hall–Kier alpha value is -1.93. The molecule has 0 aromatic rings. The molecule has 0 saturated carbocycles. The van der Waals surface area contributed by atoms with Crippen LogP contribution in [0.1, 0.15) is 6.42 Å². The van der Waals surface area contributed by atoms with Gasteiger partial charge < -0.3 is 24.6 Å². The van der Waals surface area contributed by atoms with Crippen molar-refractivity contribution < 1.29 is 33.7 Å². The van der Waals surface area contributed by atoms with Crippen molar-refractivity contribution in [3.63, 3.8) is 0 Å². The van der Waals surface area contributed by atoms with E-state index in [1.54, 1.807) is 0 Å². The van der Waals surface area contributed by atoms with Crippen LogP contribution in [-0.4, -0.2) is 61.0 Å². The molecule has 2 rings (SSSR count). The van der Waals surface area contributed by atoms with E-state index in [9.17, 15) is 19.5 Å². The van der Waals surface area contributed by atoms with Crippen LogP contribution in [0.2, 0.25) is 0 Å². The minimum Gasteiger partial charge on any atom is -0.469 e. The zero-order chi connectivity index (χ0) is 15.8. The number of hydrogen-bond acceptors (Lipinski definition) is 7. The molecule has 0 spiro atoms. The third-order valence-corrected chi connectivity index (χ3v) is 3.94. The van der Waals surface area contributed by atoms with E-state index in [1.807, 2.05) is 0 Å². The van der Waals surface area contributed by atoms with E-state index in [4.69, 9.17) is 4.74 Å². The number of rotatable bonds is 4. The first-order chi connectivity index (χ1) is 9.91. The average Bonchev–Trinajstić information content (AvgIpc) is 2.91. The molecule has 2 aliphatic rings. The van der Waals surface area contributed by atoms with Gasteiger partial charge in [0.2, 0.25) is 5.91 Å². The van der Waals surface area contributed by atoms with Crippen LogP contribution in [-0.2, 0) is 28.6 Å². The van der Waals surface area contributed by atoms with Gasteiger partial charge in [0.05, 0.1) is 32.7 Å². The Labute approximate surface area is 121 Å². The summed E-state index contributed by atoms with van der Waals surface area (Å²) in [7, 11) is 2.34. The molecule has 0 aromatic carbocycles. The molecule has 0 unspecified atom stereocenters. The van der Waals surface area contributed by atoms with Gasteiger partial charge in [-0.15, -0.1) is 6.58 Å². The Morgan fingerprint density at radius 3 is 2.67 bits per heavy atom. The van der Waals surface area contributed by atoms with Gasteiger partial charge in [0.25, 0.3) is 0 Å². The fourth-order valence-electron chi connectivity index (χ4n) is 2.97. The maximum absolute atomic E-state index is 12.1. The zero-order valence-corrected chi connectivity index (χ0v) is 11.7. The molecule has 2 saturated heterocycles. The van der Waals surface area contributed by atoms with Crippen LogP contribution in [0.5, 0.6) is 0 Å². The largest absolute Gasteiger partial charge is 0.469 e. The van der Waals surface area contributed by atoms with Crippen LogP contribution in [0.4, 0.5) is 0 Å². The molecule has 1 amide bonds. The lowest BCUT2D eigenvalue weighted by Crippen LogP contribution is -2.52. The van der Waals surface area contributed by atoms with Gasteiger partial charge in [-0.2, -0.15) is 0 Å². The first kappa shape index (κ1) is 15.5. The van der Waals surface area contributed by atoms with Crippen LogP contribution < -0.4 is 5.32 Å². The first-order valence-electron chi connectivity index (χ1n) is 6.34. The molecule has 2 N–H and O–H groups in total. The van der Waals surface area contributed by atoms with Gasteiger partial charge in [0, 0.05) is 0 Å². The number of nitrogens with one attached hydrogen (secondary N) is 1. The van der Waals surface area contributed by atoms with E-state index in [1.165, 1.54) is 13.2 Å². The summed E-state index contributed by atoms with van der Waals surface area (Å²) in [5.74, 6) is -3.08. The van der Waals surface area contributed by atoms with Crippen molar-refractivity contribution in [3.8, 4) is 0 Å². The summed E-state index contributed by atoms with van der Waals surface area (Å²) in [6.07, 6.45) is -1.11. The second-order valence-electron chi connectivity index (χ2n) is 4.96. The van der Waals surface area contributed by atoms with Gasteiger partial charge in [-0.3, -0.25) is 9.59 Å². The summed E-state index contributed by atoms with van der Waals surface area (Å²) in [6.45, 7) is 3.52. The van der Waals surface area contributed by atoms with Crippen molar-refractivity contribution >= 4 is 17.8 Å². The summed E-state index contributed by atoms with van der Waals surface area (Å²) in [6, 6.07) is -1.20. The number of aliphatic hydroxyl groups is 1. The van der Waals surface area contributed by atoms with E-state index in [0.29, 0.717) is 0 Å². The Morgan fingerprint density at radius 1 is 1.48 bits per heavy atom. The molecule has 5 atom stereocenters. The molecule has 0 aromatic heterocycles. The SMILES string of the molecule is C=C[C@H]1O[C@]2(CC(=O)OC)[C@@H](C(=O)OC)NC(=O)[C@@H]2[C@H]1O. The topological polar surface area (TPSA) is 111 Å². The van der Waals surface area contributed by atoms with Crippen LogP contribution in [0.3, 0.4) is 0 Å². The van der Waals surface area contributed by atoms with E-state index in [-0.39, 0.29) is 6.42 Å². The molecule has 8 nitrogen and oxygen atoms in total. The first-order valence-corrected chi connectivity index (χ1v) is 6.34. The maximum atomic E-state index is 12.1. The van der Waals surface area contributed by atoms with Crippen LogP contribution >= 0.6 is 0 Å². The highest BCUT2D eigenvalue weighted by atomic mass is 16.6. The monoisotopic (exact) mass is 299 g/mol. The van der Waals surface area contributed by atoms with E-state index < -0.39 is 47.6 Å². The van der Waals surface area contributed by atoms with Crippen molar-refractivity contribution in [1.29, 1.82) is 0 Å². The standard InChI is InChI=1S/C13H17NO7/c1-4-6-9(16)8-11(17)14-10(12(18)20-3)13(8,21-6)5-7(15)19-2/h4,6,8-10,16H,1,5H2,2-3H3,(H,14,17)/t6-,8+,9+,10-,13+/m1/s1. The zero-order valence-electron chi connectivity index (χ0n) is 11.7. The second-order valence-corrected chi connectivity index (χ2v) is 4.96. The Balaban J connectivity index is 2.46. The van der Waals surface area contributed by atoms with Crippen molar-refractivity contribution in [1.82, 2.24) is 5.32 Å². The fourth-order valence-corrected chi connectivity index (χ4v) is 2.97. The third kappa shape index (κ3) is 2.20. The molecular formula is C13H17NO7. The lowest BCUT2D eigenvalue weighted by Gasteiger charge is -2.30. The number of amides is 1. The minimum atomic E-state index is -1.55. The van der Waals surface area contributed by atoms with E-state index in [0.717, 1.165) is 7.11 Å². The molecule has 2 heterocycles. The van der Waals surface area contributed by atoms with E-state index >= 15 is 0 Å². The smallest absolute Gasteiger partial charge is 0.331 e. The summed E-state index contributed by atoms with van der Waals surface area (Å²) in [4.78, 5) is 35.7. The van der Waals surface area contributed by atoms with Crippen molar-refractivity contribution in [2.75, 3.05) is 14.2 Å². The Kier molecular flexibility index (Phi) is 4.02. The number of esters is 2. The van der Waals surface area contributed by atoms with Crippen LogP contribution in [0, 0.1) is 5.92 Å². The Morgan fingerprint density at radius 2 is 2.14 bits per heavy atom. The van der Waals surface area contributed by atoms with Gasteiger partial charge in [0.15, 0.2) is 6.04 Å². The normalized spacial score (nSPS) is 37.6. The maximum Gasteiger partial charge on any atom is 0.331 e. The number of fused-ring (bicyclic) bond motifs is 1. The van der Waals surface area contributed by atoms with E-state index in [2.05, 4.69) is 21.4 Å². The van der Waals surface area contributed by atoms with Gasteiger partial charge in [-0.25, -0.2) is 4.79 Å². The van der Waals surface area contributed by atoms with Crippen molar-refractivity contribution in [3.05, 3.63) is 12.7 Å². The molecule has 0 aliphatic carbocycles. The van der Waals surface area contributed by atoms with Crippen molar-refractivity contribution in [2.24, 2.45) is 5.92 Å². The Bertz CT molecular complexity index is 491. The summed E-state index contributed by atoms with van der Waals surface area (Å²) in [5.41, 5.74) is -1.55. The van der Waals surface area contributed by atoms with Gasteiger partial charge >= 0.3 is 11.9 Å². The highest BCUT2D eigenvalue weighted by Crippen LogP contribution is 2.46. The number of ether oxygens (including phenoxy) is 3. The molecule has 21 heavy (non-hydrogen) atoms. The summed E-state index contributed by atoms with van der Waals surface area (Å²) in [5, 5.41) is 12.6. The number of hydrogen-bond donors (Lipinski definition) is 2. The molecule has 0 bridgehead atoms. The molecule has 116 valence electrons. The predicted octanol–water partition coefficient (Wildman–Crippen LogP) is -1.48. The molecule has 2 fully saturated rings. The number of carbonyl (C=O) groups is 3. The van der Waals surface area contributed by atoms with Gasteiger partial charge in [-0.05, 0) is 0 Å². The highest BCUT2D eigenvalue weighted by Gasteiger charge is 2.68. The number of carbonyl (C=O) groups excluding carboxylic acids is 3. The molecule has 8 heteroatoms. The molecule has 2 aliphatic heterocycles. The van der Waals surface area contributed by atoms with Crippen LogP contribution in [0.25, 0.3) is 0 Å². The highest BCUT2D eigenvalue weighted by molar-refractivity contribution is 5.94.